The van der Waals surface area contributed by atoms with Gasteiger partial charge in [-0.05, 0) is 0 Å². The van der Waals surface area contributed by atoms with Gasteiger partial charge < -0.3 is 0 Å². The van der Waals surface area contributed by atoms with Gasteiger partial charge in [-0.15, -0.1) is 0 Å². The van der Waals surface area contributed by atoms with E-state index >= 15 is 0 Å². The number of unbranched alkanes of at least 4 members (excludes halogenated alkanes) is 3. The summed E-state index contributed by atoms with van der Waals surface area (Å²) in [4.78, 5) is 4.09. The quantitative estimate of drug-likeness (QED) is 0.203. The first-order valence-corrected chi connectivity index (χ1v) is 12.7. The van der Waals surface area contributed by atoms with Crippen LogP contribution < -0.4 is 15.9 Å². The zero-order valence-corrected chi connectivity index (χ0v) is 17.9. The third-order valence-electron chi connectivity index (χ3n) is 5.56. The maximum atomic E-state index is 10.3. The van der Waals surface area contributed by atoms with Gasteiger partial charge in [0.25, 0.3) is 0 Å². The van der Waals surface area contributed by atoms with Gasteiger partial charge in [0.15, 0.2) is 0 Å². The fraction of sp³-hybridized carbons (Fsp3) is 0.240. The van der Waals surface area contributed by atoms with Crippen molar-refractivity contribution in [3.8, 4) is 0 Å². The van der Waals surface area contributed by atoms with E-state index in [0.29, 0.717) is 0 Å². The Morgan fingerprint density at radius 1 is 0.655 bits per heavy atom. The summed E-state index contributed by atoms with van der Waals surface area (Å²) in [5, 5.41) is 4.44. The van der Waals surface area contributed by atoms with Crippen LogP contribution in [0.5, 0.6) is 0 Å². The van der Waals surface area contributed by atoms with Crippen LogP contribution in [0.15, 0.2) is 96.0 Å². The second-order valence-electron chi connectivity index (χ2n) is 7.36. The molecule has 0 aromatic heterocycles. The third-order valence-corrected chi connectivity index (χ3v) is 10.6. The molecule has 3 aromatic rings. The number of hydrogen-bond donors (Lipinski definition) is 0. The van der Waals surface area contributed by atoms with Crippen molar-refractivity contribution in [1.82, 2.24) is 0 Å². The van der Waals surface area contributed by atoms with Gasteiger partial charge in [0.1, 0.15) is 0 Å². The minimum atomic E-state index is -2.08. The maximum absolute atomic E-state index is 10.3. The van der Waals surface area contributed by atoms with Gasteiger partial charge in [-0.2, -0.15) is 0 Å². The summed E-state index contributed by atoms with van der Waals surface area (Å²) in [5.74, 6) is 0. The summed E-state index contributed by atoms with van der Waals surface area (Å²) in [6, 6.07) is 33.3. The molecular formula is C25H29BNOP. The molecule has 0 heterocycles. The Balaban J connectivity index is 1.87. The first-order chi connectivity index (χ1) is 14.4. The predicted octanol–water partition coefficient (Wildman–Crippen LogP) is 4.35. The molecule has 0 fully saturated rings. The topological polar surface area (TPSA) is 29.4 Å². The molecule has 3 rings (SSSR count). The van der Waals surface area contributed by atoms with E-state index in [9.17, 15) is 4.70 Å². The van der Waals surface area contributed by atoms with Gasteiger partial charge in [-0.1, -0.05) is 0 Å². The zero-order valence-electron chi connectivity index (χ0n) is 16.9. The van der Waals surface area contributed by atoms with Crippen LogP contribution in [-0.4, -0.2) is 26.0 Å². The Hall–Kier alpha value is -2.38. The van der Waals surface area contributed by atoms with Gasteiger partial charge in [0.05, 0.1) is 0 Å². The summed E-state index contributed by atoms with van der Waals surface area (Å²) >= 11 is 0. The van der Waals surface area contributed by atoms with Gasteiger partial charge in [0, 0.05) is 0 Å². The molecule has 0 aliphatic rings. The predicted molar refractivity (Wildman–Crippen MR) is 130 cm³/mol. The summed E-state index contributed by atoms with van der Waals surface area (Å²) in [6.07, 6.45) is 7.14. The molecule has 0 aliphatic carbocycles. The molecule has 3 aromatic carbocycles. The van der Waals surface area contributed by atoms with Crippen LogP contribution in [0.2, 0.25) is 0 Å². The van der Waals surface area contributed by atoms with Crippen molar-refractivity contribution in [3.63, 3.8) is 0 Å². The molecule has 0 bridgehead atoms. The average molecular weight is 401 g/mol. The number of rotatable bonds is 11. The van der Waals surface area contributed by atoms with Crippen LogP contribution in [-0.2, 0) is 4.70 Å². The molecule has 0 saturated heterocycles. The normalized spacial score (nSPS) is 12.0. The van der Waals surface area contributed by atoms with E-state index in [1.807, 2.05) is 0 Å². The fourth-order valence-corrected chi connectivity index (χ4v) is 9.10. The molecule has 0 N–H and O–H groups in total. The fourth-order valence-electron chi connectivity index (χ4n) is 4.17. The number of nitrogens with zero attached hydrogens (tertiary/aromatic N) is 1. The number of aliphatic imine (C=N–C) groups is 1. The van der Waals surface area contributed by atoms with E-state index in [-0.39, 0.29) is 0 Å². The van der Waals surface area contributed by atoms with Crippen molar-refractivity contribution in [2.75, 3.05) is 12.7 Å². The molecule has 0 amide bonds. The molecule has 4 heteroatoms. The molecule has 148 valence electrons. The van der Waals surface area contributed by atoms with Gasteiger partial charge in [-0.25, -0.2) is 0 Å². The Kier molecular flexibility index (Phi) is 8.52. The molecule has 0 saturated carbocycles. The summed E-state index contributed by atoms with van der Waals surface area (Å²) in [7, 11) is -1.33. The molecule has 0 atom stereocenters. The van der Waals surface area contributed by atoms with Crippen LogP contribution in [0, 0.1) is 0 Å². The summed E-state index contributed by atoms with van der Waals surface area (Å²) in [6.45, 7) is 0.747. The van der Waals surface area contributed by atoms with Crippen LogP contribution in [0.3, 0.4) is 0 Å². The van der Waals surface area contributed by atoms with E-state index in [1.54, 1.807) is 0 Å². The molecular weight excluding hydrogens is 372 g/mol. The minimum absolute atomic E-state index is 0.747. The van der Waals surface area contributed by atoms with Crippen LogP contribution in [0.4, 0.5) is 0 Å². The van der Waals surface area contributed by atoms with Crippen molar-refractivity contribution in [3.05, 3.63) is 91.0 Å². The van der Waals surface area contributed by atoms with E-state index in [0.717, 1.165) is 26.5 Å². The first-order valence-electron chi connectivity index (χ1n) is 10.5. The monoisotopic (exact) mass is 401 g/mol. The van der Waals surface area contributed by atoms with Crippen molar-refractivity contribution in [1.29, 1.82) is 0 Å². The van der Waals surface area contributed by atoms with Crippen LogP contribution >= 0.6 is 7.26 Å². The van der Waals surface area contributed by atoms with Crippen molar-refractivity contribution in [2.24, 2.45) is 4.99 Å². The molecule has 29 heavy (non-hydrogen) atoms. The van der Waals surface area contributed by atoms with Crippen LogP contribution in [0.25, 0.3) is 0 Å². The standard InChI is InChI=1S/C25H29BNOP/c28-26-22-27-20-12-1-2-13-21-29(23-14-6-3-7-15-23,24-16-8-4-9-17-24)25-18-10-5-11-19-25/h3-11,14-19,22,29H,1-2,12-13,20-21H2/b27-22-. The first kappa shape index (κ1) is 21.3. The zero-order chi connectivity index (χ0) is 20.2. The van der Waals surface area contributed by atoms with E-state index < -0.39 is 7.26 Å². The Bertz CT molecular complexity index is 788. The Morgan fingerprint density at radius 2 is 1.10 bits per heavy atom. The third kappa shape index (κ3) is 5.58. The summed E-state index contributed by atoms with van der Waals surface area (Å²) in [5.41, 5.74) is 0. The van der Waals surface area contributed by atoms with E-state index in [4.69, 9.17) is 0 Å². The van der Waals surface area contributed by atoms with Gasteiger partial charge >= 0.3 is 176 Å². The molecule has 0 aliphatic heterocycles. The van der Waals surface area contributed by atoms with E-state index in [2.05, 4.69) is 96.0 Å². The van der Waals surface area contributed by atoms with Crippen molar-refractivity contribution < 1.29 is 4.70 Å². The van der Waals surface area contributed by atoms with Crippen molar-refractivity contribution in [2.45, 2.75) is 25.7 Å². The second-order valence-corrected chi connectivity index (χ2v) is 11.4. The van der Waals surface area contributed by atoms with Gasteiger partial charge in [-0.3, -0.25) is 0 Å². The SMILES string of the molecule is O=B/C=N\CCCCCC[PH](c1ccccc1)(c1ccccc1)c1ccccc1. The Morgan fingerprint density at radius 3 is 1.55 bits per heavy atom. The molecule has 0 spiro atoms. The molecule has 2 nitrogen and oxygen atoms in total. The molecule has 0 radical (unpaired) electrons. The van der Waals surface area contributed by atoms with Gasteiger partial charge in [0.2, 0.25) is 0 Å². The molecule has 0 unspecified atom stereocenters. The Labute approximate surface area is 175 Å². The number of benzene rings is 3. The van der Waals surface area contributed by atoms with Crippen LogP contribution in [0.1, 0.15) is 25.7 Å². The van der Waals surface area contributed by atoms with E-state index in [1.165, 1.54) is 41.0 Å². The summed E-state index contributed by atoms with van der Waals surface area (Å²) < 4.78 is 10.3. The average Bonchev–Trinajstić information content (AvgIpc) is 2.80. The second kappa shape index (κ2) is 11.6. The number of hydrogen-bond acceptors (Lipinski definition) is 2. The van der Waals surface area contributed by atoms with Crippen molar-refractivity contribution >= 4 is 36.4 Å².